The molecule has 0 saturated carbocycles. The van der Waals surface area contributed by atoms with Crippen LogP contribution in [0.5, 0.6) is 0 Å². The molecule has 3 aromatic rings. The van der Waals surface area contributed by atoms with Gasteiger partial charge in [0.25, 0.3) is 5.91 Å². The second-order valence-electron chi connectivity index (χ2n) is 6.54. The molecule has 0 fully saturated rings. The molecule has 1 aliphatic rings. The molecule has 0 saturated heterocycles. The number of nitrogens with one attached hydrogen (secondary N) is 1. The minimum Gasteiger partial charge on any atom is -0.324 e. The maximum atomic E-state index is 13.7. The smallest absolute Gasteiger partial charge is 0.255 e. The topological polar surface area (TPSA) is 49.4 Å². The van der Waals surface area contributed by atoms with Gasteiger partial charge in [-0.05, 0) is 42.0 Å². The van der Waals surface area contributed by atoms with Crippen LogP contribution < -0.4 is 5.32 Å². The Hall–Kier alpha value is -3.18. The summed E-state index contributed by atoms with van der Waals surface area (Å²) in [5.41, 5.74) is 2.30. The SMILES string of the molecule is O=C1CN(C(=O)c2cccc(F)c2)[C@@H](c2ccccc2)c2cc(Cl)ccc2N1. The first-order valence-electron chi connectivity index (χ1n) is 8.74. The van der Waals surface area contributed by atoms with Crippen molar-refractivity contribution in [2.75, 3.05) is 11.9 Å². The third kappa shape index (κ3) is 3.49. The van der Waals surface area contributed by atoms with E-state index in [1.807, 2.05) is 30.3 Å². The van der Waals surface area contributed by atoms with E-state index in [-0.39, 0.29) is 18.0 Å². The molecule has 4 rings (SSSR count). The average Bonchev–Trinajstić information content (AvgIpc) is 2.83. The highest BCUT2D eigenvalue weighted by Crippen LogP contribution is 2.37. The first-order chi connectivity index (χ1) is 13.5. The second-order valence-corrected chi connectivity index (χ2v) is 6.97. The van der Waals surface area contributed by atoms with E-state index in [1.165, 1.54) is 29.2 Å². The number of anilines is 1. The molecule has 2 amide bonds. The van der Waals surface area contributed by atoms with Crippen LogP contribution in [0.1, 0.15) is 27.5 Å². The van der Waals surface area contributed by atoms with E-state index in [0.717, 1.165) is 5.56 Å². The van der Waals surface area contributed by atoms with Crippen molar-refractivity contribution >= 4 is 29.1 Å². The van der Waals surface area contributed by atoms with Crippen molar-refractivity contribution in [3.8, 4) is 0 Å². The number of hydrogen-bond donors (Lipinski definition) is 1. The molecular formula is C22H16ClFN2O2. The number of carbonyl (C=O) groups excluding carboxylic acids is 2. The molecule has 0 aliphatic carbocycles. The summed E-state index contributed by atoms with van der Waals surface area (Å²) in [4.78, 5) is 27.2. The molecule has 1 atom stereocenters. The van der Waals surface area contributed by atoms with Crippen LogP contribution in [-0.2, 0) is 4.79 Å². The molecule has 28 heavy (non-hydrogen) atoms. The quantitative estimate of drug-likeness (QED) is 0.687. The Morgan fingerprint density at radius 3 is 2.57 bits per heavy atom. The summed E-state index contributed by atoms with van der Waals surface area (Å²) in [5, 5.41) is 3.33. The Balaban J connectivity index is 1.89. The summed E-state index contributed by atoms with van der Waals surface area (Å²) in [6, 6.07) is 19.4. The molecule has 6 heteroatoms. The summed E-state index contributed by atoms with van der Waals surface area (Å²) in [7, 11) is 0. The van der Waals surface area contributed by atoms with Crippen LogP contribution in [-0.4, -0.2) is 23.3 Å². The van der Waals surface area contributed by atoms with Gasteiger partial charge >= 0.3 is 0 Å². The normalized spacial score (nSPS) is 16.1. The number of amides is 2. The Morgan fingerprint density at radius 1 is 1.04 bits per heavy atom. The molecule has 4 nitrogen and oxygen atoms in total. The average molecular weight is 395 g/mol. The Kier molecular flexibility index (Phi) is 4.84. The number of hydrogen-bond acceptors (Lipinski definition) is 2. The molecule has 0 bridgehead atoms. The fourth-order valence-corrected chi connectivity index (χ4v) is 3.63. The van der Waals surface area contributed by atoms with E-state index >= 15 is 0 Å². The number of nitrogens with zero attached hydrogens (tertiary/aromatic N) is 1. The van der Waals surface area contributed by atoms with Crippen LogP contribution in [0.15, 0.2) is 72.8 Å². The van der Waals surface area contributed by atoms with Gasteiger partial charge in [0.2, 0.25) is 5.91 Å². The molecule has 0 aromatic heterocycles. The highest BCUT2D eigenvalue weighted by molar-refractivity contribution is 6.30. The van der Waals surface area contributed by atoms with Gasteiger partial charge in [0.1, 0.15) is 12.4 Å². The third-order valence-electron chi connectivity index (χ3n) is 4.66. The standard InChI is InChI=1S/C22H16ClFN2O2/c23-16-9-10-19-18(12-16)21(14-5-2-1-3-6-14)26(13-20(27)25-19)22(28)15-7-4-8-17(24)11-15/h1-12,21H,13H2,(H,25,27)/t21-/m0/s1. The second kappa shape index (κ2) is 7.44. The molecule has 0 radical (unpaired) electrons. The summed E-state index contributed by atoms with van der Waals surface area (Å²) in [6.07, 6.45) is 0. The van der Waals surface area contributed by atoms with E-state index in [1.54, 1.807) is 18.2 Å². The first-order valence-corrected chi connectivity index (χ1v) is 9.11. The Bertz CT molecular complexity index is 1060. The van der Waals surface area contributed by atoms with Crippen molar-refractivity contribution in [3.63, 3.8) is 0 Å². The molecular weight excluding hydrogens is 379 g/mol. The zero-order valence-electron chi connectivity index (χ0n) is 14.7. The Labute approximate surface area is 166 Å². The third-order valence-corrected chi connectivity index (χ3v) is 4.89. The highest BCUT2D eigenvalue weighted by Gasteiger charge is 2.34. The van der Waals surface area contributed by atoms with Crippen molar-refractivity contribution in [1.29, 1.82) is 0 Å². The van der Waals surface area contributed by atoms with Gasteiger partial charge < -0.3 is 10.2 Å². The fourth-order valence-electron chi connectivity index (χ4n) is 3.45. The molecule has 1 aliphatic heterocycles. The molecule has 3 aromatic carbocycles. The maximum Gasteiger partial charge on any atom is 0.255 e. The molecule has 140 valence electrons. The summed E-state index contributed by atoms with van der Waals surface area (Å²) in [6.45, 7) is -0.165. The highest BCUT2D eigenvalue weighted by atomic mass is 35.5. The monoisotopic (exact) mass is 394 g/mol. The van der Waals surface area contributed by atoms with Crippen molar-refractivity contribution in [3.05, 3.63) is 100 Å². The van der Waals surface area contributed by atoms with Gasteiger partial charge in [-0.1, -0.05) is 48.0 Å². The van der Waals surface area contributed by atoms with Gasteiger partial charge in [0.15, 0.2) is 0 Å². The molecule has 0 spiro atoms. The number of halogens is 2. The van der Waals surface area contributed by atoms with Gasteiger partial charge in [-0.25, -0.2) is 4.39 Å². The van der Waals surface area contributed by atoms with Crippen LogP contribution in [0, 0.1) is 5.82 Å². The van der Waals surface area contributed by atoms with E-state index in [9.17, 15) is 14.0 Å². The van der Waals surface area contributed by atoms with E-state index in [4.69, 9.17) is 11.6 Å². The van der Waals surface area contributed by atoms with Crippen LogP contribution in [0.2, 0.25) is 5.02 Å². The molecule has 1 N–H and O–H groups in total. The van der Waals surface area contributed by atoms with Gasteiger partial charge in [-0.15, -0.1) is 0 Å². The lowest BCUT2D eigenvalue weighted by Crippen LogP contribution is -2.39. The van der Waals surface area contributed by atoms with E-state index < -0.39 is 17.8 Å². The zero-order chi connectivity index (χ0) is 19.7. The van der Waals surface area contributed by atoms with Crippen molar-refractivity contribution in [2.24, 2.45) is 0 Å². The lowest BCUT2D eigenvalue weighted by Gasteiger charge is -2.30. The predicted molar refractivity (Wildman–Crippen MR) is 106 cm³/mol. The first kappa shape index (κ1) is 18.2. The minimum atomic E-state index is -0.551. The lowest BCUT2D eigenvalue weighted by molar-refractivity contribution is -0.117. The Morgan fingerprint density at radius 2 is 1.82 bits per heavy atom. The predicted octanol–water partition coefficient (Wildman–Crippen LogP) is 4.66. The summed E-state index contributed by atoms with van der Waals surface area (Å²) in [5.74, 6) is -1.27. The number of rotatable bonds is 2. The number of benzene rings is 3. The van der Waals surface area contributed by atoms with Gasteiger partial charge in [-0.3, -0.25) is 9.59 Å². The zero-order valence-corrected chi connectivity index (χ0v) is 15.5. The van der Waals surface area contributed by atoms with Gasteiger partial charge in [0, 0.05) is 21.8 Å². The van der Waals surface area contributed by atoms with Gasteiger partial charge in [-0.2, -0.15) is 0 Å². The number of carbonyl (C=O) groups is 2. The lowest BCUT2D eigenvalue weighted by atomic mass is 9.95. The van der Waals surface area contributed by atoms with Gasteiger partial charge in [0.05, 0.1) is 6.04 Å². The van der Waals surface area contributed by atoms with Crippen LogP contribution in [0.4, 0.5) is 10.1 Å². The molecule has 1 heterocycles. The summed E-state index contributed by atoms with van der Waals surface area (Å²) < 4.78 is 13.7. The minimum absolute atomic E-state index is 0.165. The van der Waals surface area contributed by atoms with Crippen molar-refractivity contribution in [2.45, 2.75) is 6.04 Å². The van der Waals surface area contributed by atoms with Crippen molar-refractivity contribution in [1.82, 2.24) is 4.90 Å². The number of fused-ring (bicyclic) bond motifs is 1. The molecule has 0 unspecified atom stereocenters. The van der Waals surface area contributed by atoms with Crippen LogP contribution in [0.25, 0.3) is 0 Å². The van der Waals surface area contributed by atoms with Crippen molar-refractivity contribution < 1.29 is 14.0 Å². The maximum absolute atomic E-state index is 13.7. The fraction of sp³-hybridized carbons (Fsp3) is 0.0909. The van der Waals surface area contributed by atoms with Crippen LogP contribution >= 0.6 is 11.6 Å². The van der Waals surface area contributed by atoms with Crippen LogP contribution in [0.3, 0.4) is 0 Å². The largest absolute Gasteiger partial charge is 0.324 e. The van der Waals surface area contributed by atoms with E-state index in [0.29, 0.717) is 16.3 Å². The van der Waals surface area contributed by atoms with E-state index in [2.05, 4.69) is 5.32 Å². The summed E-state index contributed by atoms with van der Waals surface area (Å²) >= 11 is 6.22.